The fraction of sp³-hybridized carbons (Fsp3) is 0.417. The maximum Gasteiger partial charge on any atom is 0.233 e. The van der Waals surface area contributed by atoms with Crippen LogP contribution in [-0.4, -0.2) is 34.2 Å². The van der Waals surface area contributed by atoms with E-state index in [1.54, 1.807) is 6.20 Å². The highest BCUT2D eigenvalue weighted by Gasteiger charge is 2.58. The topological polar surface area (TPSA) is 79.4 Å². The number of carbonyl (C=O) groups is 3. The van der Waals surface area contributed by atoms with E-state index in [2.05, 4.69) is 22.5 Å². The fourth-order valence-corrected chi connectivity index (χ4v) is 5.29. The molecule has 1 aliphatic heterocycles. The summed E-state index contributed by atoms with van der Waals surface area (Å²) >= 11 is 0. The average molecular weight is 403 g/mol. The molecule has 0 radical (unpaired) electrons. The lowest BCUT2D eigenvalue weighted by atomic mass is 9.85. The van der Waals surface area contributed by atoms with Gasteiger partial charge >= 0.3 is 0 Å². The Bertz CT molecular complexity index is 1020. The summed E-state index contributed by atoms with van der Waals surface area (Å²) in [6, 6.07) is 9.51. The van der Waals surface area contributed by atoms with E-state index in [1.165, 1.54) is 4.90 Å². The van der Waals surface area contributed by atoms with Gasteiger partial charge in [-0.2, -0.15) is 0 Å². The quantitative estimate of drug-likeness (QED) is 0.436. The van der Waals surface area contributed by atoms with Crippen LogP contribution in [0.2, 0.25) is 0 Å². The molecular formula is C24H25N3O3. The Kier molecular flexibility index (Phi) is 4.85. The lowest BCUT2D eigenvalue weighted by Gasteiger charge is -2.17. The average Bonchev–Trinajstić information content (AvgIpc) is 3.43. The molecule has 6 heteroatoms. The zero-order valence-corrected chi connectivity index (χ0v) is 16.8. The number of pyridine rings is 1. The molecular weight excluding hydrogens is 378 g/mol. The Balaban J connectivity index is 1.06. The van der Waals surface area contributed by atoms with Crippen LogP contribution in [-0.2, 0) is 14.4 Å². The van der Waals surface area contributed by atoms with Crippen molar-refractivity contribution in [2.45, 2.75) is 32.1 Å². The molecule has 154 valence electrons. The van der Waals surface area contributed by atoms with Gasteiger partial charge in [-0.05, 0) is 55.4 Å². The first-order valence-electron chi connectivity index (χ1n) is 10.8. The van der Waals surface area contributed by atoms with Gasteiger partial charge < -0.3 is 5.32 Å². The molecule has 2 fully saturated rings. The van der Waals surface area contributed by atoms with Crippen molar-refractivity contribution >= 4 is 34.3 Å². The maximum absolute atomic E-state index is 12.7. The van der Waals surface area contributed by atoms with E-state index in [1.807, 2.05) is 30.3 Å². The van der Waals surface area contributed by atoms with Crippen LogP contribution in [0.5, 0.6) is 0 Å². The summed E-state index contributed by atoms with van der Waals surface area (Å²) in [7, 11) is 0. The number of fused-ring (bicyclic) bond motifs is 6. The second kappa shape index (κ2) is 7.67. The Labute approximate surface area is 175 Å². The van der Waals surface area contributed by atoms with Gasteiger partial charge in [0.1, 0.15) is 0 Å². The number of aromatic nitrogens is 1. The molecule has 6 nitrogen and oxygen atoms in total. The monoisotopic (exact) mass is 403 g/mol. The molecule has 2 bridgehead atoms. The van der Waals surface area contributed by atoms with Gasteiger partial charge in [-0.1, -0.05) is 24.6 Å². The van der Waals surface area contributed by atoms with Crippen molar-refractivity contribution < 1.29 is 14.4 Å². The molecule has 1 aromatic heterocycles. The van der Waals surface area contributed by atoms with Crippen molar-refractivity contribution in [1.29, 1.82) is 0 Å². The number of carbonyl (C=O) groups excluding carboxylic acids is 3. The lowest BCUT2D eigenvalue weighted by molar-refractivity contribution is -0.140. The Morgan fingerprint density at radius 1 is 1.03 bits per heavy atom. The predicted molar refractivity (Wildman–Crippen MR) is 113 cm³/mol. The molecule has 1 N–H and O–H groups in total. The Morgan fingerprint density at radius 2 is 1.80 bits per heavy atom. The molecule has 1 saturated heterocycles. The number of imide groups is 1. The van der Waals surface area contributed by atoms with Crippen molar-refractivity contribution in [3.05, 3.63) is 48.7 Å². The van der Waals surface area contributed by atoms with Crippen molar-refractivity contribution in [2.24, 2.45) is 23.7 Å². The van der Waals surface area contributed by atoms with Crippen LogP contribution in [0.25, 0.3) is 10.9 Å². The van der Waals surface area contributed by atoms with E-state index in [-0.39, 0.29) is 41.4 Å². The van der Waals surface area contributed by atoms with Crippen LogP contribution in [0, 0.1) is 23.7 Å². The number of nitrogens with one attached hydrogen (secondary N) is 1. The molecule has 5 rings (SSSR count). The first-order chi connectivity index (χ1) is 14.6. The van der Waals surface area contributed by atoms with Crippen molar-refractivity contribution in [3.63, 3.8) is 0 Å². The minimum Gasteiger partial charge on any atom is -0.326 e. The lowest BCUT2D eigenvalue weighted by Crippen LogP contribution is -2.33. The third kappa shape index (κ3) is 3.30. The number of anilines is 1. The first-order valence-corrected chi connectivity index (χ1v) is 10.8. The molecule has 2 heterocycles. The zero-order valence-electron chi connectivity index (χ0n) is 16.8. The van der Waals surface area contributed by atoms with Gasteiger partial charge in [0, 0.05) is 30.2 Å². The van der Waals surface area contributed by atoms with E-state index < -0.39 is 0 Å². The normalized spacial score (nSPS) is 26.6. The van der Waals surface area contributed by atoms with Crippen LogP contribution >= 0.6 is 0 Å². The third-order valence-electron chi connectivity index (χ3n) is 6.73. The molecule has 0 unspecified atom stereocenters. The number of hydrogen-bond acceptors (Lipinski definition) is 4. The fourth-order valence-electron chi connectivity index (χ4n) is 5.29. The SMILES string of the molecule is O=C(CCCCCN1C(=O)[C@H]2[C@H](C1=O)[C@H]1C=C[C@H]2C1)Nc1ccc2ncccc2c1. The zero-order chi connectivity index (χ0) is 20.7. The first kappa shape index (κ1) is 19.0. The molecule has 3 amide bonds. The molecule has 0 spiro atoms. The summed E-state index contributed by atoms with van der Waals surface area (Å²) in [6.07, 6.45) is 9.65. The summed E-state index contributed by atoms with van der Waals surface area (Å²) in [5.74, 6) is 0.303. The highest BCUT2D eigenvalue weighted by molar-refractivity contribution is 6.06. The smallest absolute Gasteiger partial charge is 0.233 e. The van der Waals surface area contributed by atoms with Crippen molar-refractivity contribution in [3.8, 4) is 0 Å². The summed E-state index contributed by atoms with van der Waals surface area (Å²) in [4.78, 5) is 43.3. The van der Waals surface area contributed by atoms with Gasteiger partial charge in [0.25, 0.3) is 0 Å². The van der Waals surface area contributed by atoms with Crippen LogP contribution in [0.1, 0.15) is 32.1 Å². The summed E-state index contributed by atoms with van der Waals surface area (Å²) in [5, 5.41) is 3.92. The highest BCUT2D eigenvalue weighted by Crippen LogP contribution is 2.52. The van der Waals surface area contributed by atoms with E-state index in [0.717, 1.165) is 42.3 Å². The molecule has 1 saturated carbocycles. The van der Waals surface area contributed by atoms with Crippen molar-refractivity contribution in [2.75, 3.05) is 11.9 Å². The van der Waals surface area contributed by atoms with Crippen LogP contribution in [0.3, 0.4) is 0 Å². The number of benzene rings is 1. The van der Waals surface area contributed by atoms with E-state index in [9.17, 15) is 14.4 Å². The largest absolute Gasteiger partial charge is 0.326 e. The standard InChI is InChI=1S/C24H25N3O3/c28-20(26-18-9-10-19-15(14-18)5-4-11-25-19)6-2-1-3-12-27-23(29)21-16-7-8-17(13-16)22(21)24(27)30/h4-5,7-11,14,16-17,21-22H,1-3,6,12-13H2,(H,26,28)/t16-,17-,21+,22+/m0/s1. The van der Waals surface area contributed by atoms with Crippen LogP contribution < -0.4 is 5.32 Å². The number of likely N-dealkylation sites (tertiary alicyclic amines) is 1. The number of hydrogen-bond donors (Lipinski definition) is 1. The maximum atomic E-state index is 12.7. The second-order valence-corrected chi connectivity index (χ2v) is 8.60. The highest BCUT2D eigenvalue weighted by atomic mass is 16.2. The van der Waals surface area contributed by atoms with E-state index >= 15 is 0 Å². The molecule has 2 aliphatic carbocycles. The minimum atomic E-state index is -0.115. The number of unbranched alkanes of at least 4 members (excludes halogenated alkanes) is 2. The van der Waals surface area contributed by atoms with E-state index in [0.29, 0.717) is 13.0 Å². The molecule has 2 aromatic rings. The number of amides is 3. The molecule has 30 heavy (non-hydrogen) atoms. The van der Waals surface area contributed by atoms with Gasteiger partial charge in [0.05, 0.1) is 17.4 Å². The third-order valence-corrected chi connectivity index (χ3v) is 6.73. The predicted octanol–water partition coefficient (Wildman–Crippen LogP) is 3.54. The van der Waals surface area contributed by atoms with Gasteiger partial charge in [-0.25, -0.2) is 0 Å². The van der Waals surface area contributed by atoms with Crippen molar-refractivity contribution in [1.82, 2.24) is 9.88 Å². The minimum absolute atomic E-state index is 0.0189. The summed E-state index contributed by atoms with van der Waals surface area (Å²) in [5.41, 5.74) is 1.66. The number of nitrogens with zero attached hydrogens (tertiary/aromatic N) is 2. The van der Waals surface area contributed by atoms with Gasteiger partial charge in [-0.3, -0.25) is 24.3 Å². The number of rotatable bonds is 7. The van der Waals surface area contributed by atoms with Gasteiger partial charge in [-0.15, -0.1) is 0 Å². The summed E-state index contributed by atoms with van der Waals surface area (Å²) in [6.45, 7) is 0.476. The van der Waals surface area contributed by atoms with Gasteiger partial charge in [0.15, 0.2) is 0 Å². The van der Waals surface area contributed by atoms with Gasteiger partial charge in [0.2, 0.25) is 17.7 Å². The van der Waals surface area contributed by atoms with E-state index in [4.69, 9.17) is 0 Å². The molecule has 1 aromatic carbocycles. The summed E-state index contributed by atoms with van der Waals surface area (Å²) < 4.78 is 0. The van der Waals surface area contributed by atoms with Crippen LogP contribution in [0.4, 0.5) is 5.69 Å². The number of allylic oxidation sites excluding steroid dienone is 2. The second-order valence-electron chi connectivity index (χ2n) is 8.60. The van der Waals surface area contributed by atoms with Crippen LogP contribution in [0.15, 0.2) is 48.7 Å². The Hall–Kier alpha value is -3.02. The molecule has 3 aliphatic rings. The molecule has 4 atom stereocenters. The Morgan fingerprint density at radius 3 is 2.57 bits per heavy atom.